The molecule has 3 rings (SSSR count). The molecule has 0 bridgehead atoms. The SMILES string of the molecule is Cc1ccnc(-c2ccc(CC(=O)Nc3ncc(C)s3)cc2)c1. The molecule has 0 radical (unpaired) electrons. The van der Waals surface area contributed by atoms with Gasteiger partial charge in [0.05, 0.1) is 12.1 Å². The molecule has 1 aromatic carbocycles. The summed E-state index contributed by atoms with van der Waals surface area (Å²) in [5, 5.41) is 3.47. The summed E-state index contributed by atoms with van der Waals surface area (Å²) in [6, 6.07) is 11.9. The van der Waals surface area contributed by atoms with Crippen LogP contribution in [0.25, 0.3) is 11.3 Å². The number of carbonyl (C=O) groups excluding carboxylic acids is 1. The monoisotopic (exact) mass is 323 g/mol. The van der Waals surface area contributed by atoms with Crippen LogP contribution < -0.4 is 5.32 Å². The van der Waals surface area contributed by atoms with Gasteiger partial charge in [-0.25, -0.2) is 4.98 Å². The van der Waals surface area contributed by atoms with E-state index in [-0.39, 0.29) is 5.91 Å². The number of nitrogens with one attached hydrogen (secondary N) is 1. The van der Waals surface area contributed by atoms with E-state index in [9.17, 15) is 4.79 Å². The second-order valence-electron chi connectivity index (χ2n) is 5.42. The number of aryl methyl sites for hydroxylation is 2. The van der Waals surface area contributed by atoms with Gasteiger partial charge in [0.25, 0.3) is 0 Å². The maximum Gasteiger partial charge on any atom is 0.230 e. The van der Waals surface area contributed by atoms with Crippen molar-refractivity contribution in [1.29, 1.82) is 0 Å². The van der Waals surface area contributed by atoms with Crippen molar-refractivity contribution in [3.05, 3.63) is 64.8 Å². The quantitative estimate of drug-likeness (QED) is 0.789. The number of hydrogen-bond acceptors (Lipinski definition) is 4. The molecule has 116 valence electrons. The predicted molar refractivity (Wildman–Crippen MR) is 93.6 cm³/mol. The number of benzene rings is 1. The second kappa shape index (κ2) is 6.71. The minimum atomic E-state index is -0.0548. The van der Waals surface area contributed by atoms with Crippen LogP contribution in [0.1, 0.15) is 16.0 Å². The molecule has 0 fully saturated rings. The van der Waals surface area contributed by atoms with E-state index in [0.29, 0.717) is 11.6 Å². The van der Waals surface area contributed by atoms with Gasteiger partial charge in [0.1, 0.15) is 0 Å². The van der Waals surface area contributed by atoms with E-state index < -0.39 is 0 Å². The maximum absolute atomic E-state index is 12.0. The summed E-state index contributed by atoms with van der Waals surface area (Å²) in [7, 11) is 0. The third-order valence-corrected chi connectivity index (χ3v) is 4.23. The lowest BCUT2D eigenvalue weighted by Crippen LogP contribution is -2.14. The number of nitrogens with zero attached hydrogens (tertiary/aromatic N) is 2. The van der Waals surface area contributed by atoms with Gasteiger partial charge in [-0.3, -0.25) is 9.78 Å². The number of anilines is 1. The van der Waals surface area contributed by atoms with Crippen molar-refractivity contribution in [2.24, 2.45) is 0 Å². The van der Waals surface area contributed by atoms with Crippen molar-refractivity contribution in [2.45, 2.75) is 20.3 Å². The average molecular weight is 323 g/mol. The molecule has 0 saturated carbocycles. The zero-order chi connectivity index (χ0) is 16.2. The first-order valence-corrected chi connectivity index (χ1v) is 8.16. The van der Waals surface area contributed by atoms with E-state index in [1.54, 1.807) is 6.20 Å². The predicted octanol–water partition coefficient (Wildman–Crippen LogP) is 4.00. The van der Waals surface area contributed by atoms with Crippen LogP contribution in [-0.2, 0) is 11.2 Å². The van der Waals surface area contributed by atoms with Gasteiger partial charge in [-0.2, -0.15) is 0 Å². The second-order valence-corrected chi connectivity index (χ2v) is 6.65. The Bertz CT molecular complexity index is 824. The largest absolute Gasteiger partial charge is 0.302 e. The lowest BCUT2D eigenvalue weighted by molar-refractivity contribution is -0.115. The number of hydrogen-bond donors (Lipinski definition) is 1. The van der Waals surface area contributed by atoms with Crippen molar-refractivity contribution in [2.75, 3.05) is 5.32 Å². The molecule has 0 aliphatic heterocycles. The van der Waals surface area contributed by atoms with E-state index in [2.05, 4.69) is 15.3 Å². The first-order valence-electron chi connectivity index (χ1n) is 7.34. The van der Waals surface area contributed by atoms with Crippen LogP contribution in [0.4, 0.5) is 5.13 Å². The van der Waals surface area contributed by atoms with E-state index in [1.807, 2.05) is 56.4 Å². The Morgan fingerprint density at radius 1 is 1.13 bits per heavy atom. The first-order chi connectivity index (χ1) is 11.1. The third kappa shape index (κ3) is 4.02. The minimum absolute atomic E-state index is 0.0548. The van der Waals surface area contributed by atoms with Crippen molar-refractivity contribution < 1.29 is 4.79 Å². The van der Waals surface area contributed by atoms with Gasteiger partial charge in [0, 0.05) is 22.8 Å². The van der Waals surface area contributed by atoms with Crippen molar-refractivity contribution in [1.82, 2.24) is 9.97 Å². The number of rotatable bonds is 4. The smallest absolute Gasteiger partial charge is 0.230 e. The number of aromatic nitrogens is 2. The van der Waals surface area contributed by atoms with E-state index in [4.69, 9.17) is 0 Å². The number of amides is 1. The van der Waals surface area contributed by atoms with Gasteiger partial charge in [0.2, 0.25) is 5.91 Å². The van der Waals surface area contributed by atoms with E-state index in [0.717, 1.165) is 21.7 Å². The van der Waals surface area contributed by atoms with Crippen molar-refractivity contribution in [3.63, 3.8) is 0 Å². The fourth-order valence-corrected chi connectivity index (χ4v) is 2.93. The van der Waals surface area contributed by atoms with Crippen LogP contribution >= 0.6 is 11.3 Å². The summed E-state index contributed by atoms with van der Waals surface area (Å²) < 4.78 is 0. The molecule has 1 N–H and O–H groups in total. The van der Waals surface area contributed by atoms with Gasteiger partial charge in [-0.15, -0.1) is 11.3 Å². The summed E-state index contributed by atoms with van der Waals surface area (Å²) >= 11 is 1.48. The Morgan fingerprint density at radius 3 is 2.57 bits per heavy atom. The van der Waals surface area contributed by atoms with Gasteiger partial charge >= 0.3 is 0 Å². The average Bonchev–Trinajstić information content (AvgIpc) is 2.93. The molecule has 2 aromatic heterocycles. The Kier molecular flexibility index (Phi) is 4.48. The molecule has 0 spiro atoms. The summed E-state index contributed by atoms with van der Waals surface area (Å²) in [6.07, 6.45) is 3.89. The molecule has 0 saturated heterocycles. The minimum Gasteiger partial charge on any atom is -0.302 e. The summed E-state index contributed by atoms with van der Waals surface area (Å²) in [6.45, 7) is 4.01. The zero-order valence-electron chi connectivity index (χ0n) is 13.0. The number of carbonyl (C=O) groups is 1. The topological polar surface area (TPSA) is 54.9 Å². The third-order valence-electron chi connectivity index (χ3n) is 3.40. The molecule has 2 heterocycles. The van der Waals surface area contributed by atoms with Crippen LogP contribution in [0.2, 0.25) is 0 Å². The molecule has 23 heavy (non-hydrogen) atoms. The molecule has 0 atom stereocenters. The Hall–Kier alpha value is -2.53. The molecular weight excluding hydrogens is 306 g/mol. The van der Waals surface area contributed by atoms with Crippen molar-refractivity contribution in [3.8, 4) is 11.3 Å². The van der Waals surface area contributed by atoms with E-state index in [1.165, 1.54) is 16.9 Å². The van der Waals surface area contributed by atoms with Gasteiger partial charge in [-0.05, 0) is 37.1 Å². The normalized spacial score (nSPS) is 10.5. The Balaban J connectivity index is 1.66. The molecule has 0 aliphatic carbocycles. The lowest BCUT2D eigenvalue weighted by Gasteiger charge is -2.05. The molecule has 0 unspecified atom stereocenters. The highest BCUT2D eigenvalue weighted by molar-refractivity contribution is 7.15. The van der Waals surface area contributed by atoms with Gasteiger partial charge in [0.15, 0.2) is 5.13 Å². The molecular formula is C18H17N3OS. The molecule has 1 amide bonds. The summed E-state index contributed by atoms with van der Waals surface area (Å²) in [5.41, 5.74) is 4.14. The first kappa shape index (κ1) is 15.4. The fraction of sp³-hybridized carbons (Fsp3) is 0.167. The highest BCUT2D eigenvalue weighted by Crippen LogP contribution is 2.19. The van der Waals surface area contributed by atoms with Crippen LogP contribution in [-0.4, -0.2) is 15.9 Å². The zero-order valence-corrected chi connectivity index (χ0v) is 13.9. The number of thiazole rings is 1. The molecule has 0 aliphatic rings. The fourth-order valence-electron chi connectivity index (χ4n) is 2.25. The molecule has 4 nitrogen and oxygen atoms in total. The Morgan fingerprint density at radius 2 is 1.91 bits per heavy atom. The van der Waals surface area contributed by atoms with E-state index >= 15 is 0 Å². The highest BCUT2D eigenvalue weighted by Gasteiger charge is 2.07. The highest BCUT2D eigenvalue weighted by atomic mass is 32.1. The maximum atomic E-state index is 12.0. The molecule has 5 heteroatoms. The van der Waals surface area contributed by atoms with Crippen LogP contribution in [0, 0.1) is 13.8 Å². The van der Waals surface area contributed by atoms with Gasteiger partial charge in [-0.1, -0.05) is 24.3 Å². The summed E-state index contributed by atoms with van der Waals surface area (Å²) in [4.78, 5) is 21.6. The van der Waals surface area contributed by atoms with Crippen molar-refractivity contribution >= 4 is 22.4 Å². The standard InChI is InChI=1S/C18H17N3OS/c1-12-7-8-19-16(9-12)15-5-3-14(4-6-15)10-17(22)21-18-20-11-13(2)23-18/h3-9,11H,10H2,1-2H3,(H,20,21,22). The van der Waals surface area contributed by atoms with Crippen LogP contribution in [0.3, 0.4) is 0 Å². The summed E-state index contributed by atoms with van der Waals surface area (Å²) in [5.74, 6) is -0.0548. The van der Waals surface area contributed by atoms with Gasteiger partial charge < -0.3 is 5.32 Å². The molecule has 3 aromatic rings. The lowest BCUT2D eigenvalue weighted by atomic mass is 10.1. The Labute approximate surface area is 139 Å². The van der Waals surface area contributed by atoms with Crippen LogP contribution in [0.5, 0.6) is 0 Å². The van der Waals surface area contributed by atoms with Crippen LogP contribution in [0.15, 0.2) is 48.8 Å². The number of pyridine rings is 1.